The Kier molecular flexibility index (Phi) is 4.73. The van der Waals surface area contributed by atoms with Gasteiger partial charge in [0.1, 0.15) is 5.82 Å². The van der Waals surface area contributed by atoms with Crippen LogP contribution in [0.15, 0.2) is 29.2 Å². The summed E-state index contributed by atoms with van der Waals surface area (Å²) >= 11 is 0. The summed E-state index contributed by atoms with van der Waals surface area (Å²) in [5, 5.41) is 0. The van der Waals surface area contributed by atoms with E-state index in [0.29, 0.717) is 26.3 Å². The molecule has 2 aliphatic rings. The molecule has 1 unspecified atom stereocenters. The van der Waals surface area contributed by atoms with E-state index in [1.807, 2.05) is 0 Å². The Bertz CT molecular complexity index is 656. The molecule has 0 N–H and O–H groups in total. The Hall–Kier alpha value is -1.02. The Morgan fingerprint density at radius 2 is 2.13 bits per heavy atom. The summed E-state index contributed by atoms with van der Waals surface area (Å²) < 4.78 is 50.9. The Morgan fingerprint density at radius 3 is 2.78 bits per heavy atom. The van der Waals surface area contributed by atoms with Crippen LogP contribution in [0.1, 0.15) is 19.3 Å². The van der Waals surface area contributed by atoms with Crippen LogP contribution in [0.3, 0.4) is 0 Å². The number of halogens is 1. The number of nitrogens with zero attached hydrogens (tertiary/aromatic N) is 1. The van der Waals surface area contributed by atoms with Crippen LogP contribution in [0.4, 0.5) is 4.39 Å². The highest BCUT2D eigenvalue weighted by molar-refractivity contribution is 7.89. The average molecular weight is 343 g/mol. The normalized spacial score (nSPS) is 25.0. The molecular formula is C16H22FNO4S. The zero-order chi connectivity index (χ0) is 16.5. The lowest BCUT2D eigenvalue weighted by Gasteiger charge is -2.37. The maximum Gasteiger partial charge on any atom is 0.243 e. The largest absolute Gasteiger partial charge is 0.382 e. The van der Waals surface area contributed by atoms with Gasteiger partial charge in [0, 0.05) is 20.2 Å². The highest BCUT2D eigenvalue weighted by atomic mass is 32.2. The third-order valence-electron chi connectivity index (χ3n) is 4.86. The second kappa shape index (κ2) is 6.47. The monoisotopic (exact) mass is 343 g/mol. The number of sulfonamides is 1. The molecule has 23 heavy (non-hydrogen) atoms. The summed E-state index contributed by atoms with van der Waals surface area (Å²) in [6, 6.07) is 5.19. The van der Waals surface area contributed by atoms with Gasteiger partial charge in [-0.3, -0.25) is 0 Å². The van der Waals surface area contributed by atoms with Gasteiger partial charge in [-0.25, -0.2) is 12.8 Å². The van der Waals surface area contributed by atoms with Gasteiger partial charge in [0.15, 0.2) is 0 Å². The SMILES string of the molecule is COCC1CC2(CCN(S(=O)(=O)c3cccc(F)c3)CC2)CO1. The number of hydrogen-bond acceptors (Lipinski definition) is 4. The second-order valence-electron chi connectivity index (χ2n) is 6.45. The van der Waals surface area contributed by atoms with E-state index < -0.39 is 15.8 Å². The van der Waals surface area contributed by atoms with Crippen molar-refractivity contribution in [3.05, 3.63) is 30.1 Å². The molecule has 7 heteroatoms. The molecule has 0 bridgehead atoms. The van der Waals surface area contributed by atoms with Gasteiger partial charge in [-0.05, 0) is 42.9 Å². The fraction of sp³-hybridized carbons (Fsp3) is 0.625. The standard InChI is InChI=1S/C16H22FNO4S/c1-21-11-14-10-16(12-22-14)5-7-18(8-6-16)23(19,20)15-4-2-3-13(17)9-15/h2-4,9,14H,5-8,10-12H2,1H3. The molecular weight excluding hydrogens is 321 g/mol. The Morgan fingerprint density at radius 1 is 1.39 bits per heavy atom. The molecule has 2 aliphatic heterocycles. The molecule has 1 aromatic carbocycles. The molecule has 0 aromatic heterocycles. The lowest BCUT2D eigenvalue weighted by atomic mass is 9.77. The van der Waals surface area contributed by atoms with E-state index >= 15 is 0 Å². The summed E-state index contributed by atoms with van der Waals surface area (Å²) in [5.74, 6) is -0.536. The van der Waals surface area contributed by atoms with Crippen LogP contribution >= 0.6 is 0 Å². The molecule has 0 aliphatic carbocycles. The van der Waals surface area contributed by atoms with Gasteiger partial charge in [-0.2, -0.15) is 4.31 Å². The number of methoxy groups -OCH3 is 1. The highest BCUT2D eigenvalue weighted by Crippen LogP contribution is 2.42. The van der Waals surface area contributed by atoms with Gasteiger partial charge >= 0.3 is 0 Å². The van der Waals surface area contributed by atoms with Gasteiger partial charge in [-0.15, -0.1) is 0 Å². The van der Waals surface area contributed by atoms with Gasteiger partial charge in [-0.1, -0.05) is 6.07 Å². The lowest BCUT2D eigenvalue weighted by Crippen LogP contribution is -2.43. The van der Waals surface area contributed by atoms with E-state index in [0.717, 1.165) is 25.3 Å². The maximum absolute atomic E-state index is 13.3. The van der Waals surface area contributed by atoms with Crippen LogP contribution in [0.5, 0.6) is 0 Å². The van der Waals surface area contributed by atoms with Crippen molar-refractivity contribution in [3.8, 4) is 0 Å². The number of rotatable bonds is 4. The van der Waals surface area contributed by atoms with Crippen molar-refractivity contribution in [2.24, 2.45) is 5.41 Å². The molecule has 2 heterocycles. The first-order chi connectivity index (χ1) is 11.0. The molecule has 128 valence electrons. The maximum atomic E-state index is 13.3. The van der Waals surface area contributed by atoms with E-state index in [-0.39, 0.29) is 16.4 Å². The van der Waals surface area contributed by atoms with Crippen LogP contribution in [-0.4, -0.2) is 52.2 Å². The first kappa shape index (κ1) is 16.8. The van der Waals surface area contributed by atoms with Crippen molar-refractivity contribution in [3.63, 3.8) is 0 Å². The lowest BCUT2D eigenvalue weighted by molar-refractivity contribution is 0.0312. The van der Waals surface area contributed by atoms with Gasteiger partial charge in [0.2, 0.25) is 10.0 Å². The van der Waals surface area contributed by atoms with Gasteiger partial charge in [0.05, 0.1) is 24.2 Å². The smallest absolute Gasteiger partial charge is 0.243 e. The minimum Gasteiger partial charge on any atom is -0.382 e. The first-order valence-corrected chi connectivity index (χ1v) is 9.25. The zero-order valence-electron chi connectivity index (χ0n) is 13.2. The summed E-state index contributed by atoms with van der Waals surface area (Å²) in [5.41, 5.74) is 0.0527. The van der Waals surface area contributed by atoms with Crippen molar-refractivity contribution in [1.29, 1.82) is 0 Å². The summed E-state index contributed by atoms with van der Waals surface area (Å²) in [7, 11) is -1.97. The molecule has 5 nitrogen and oxygen atoms in total. The number of benzene rings is 1. The van der Waals surface area contributed by atoms with E-state index in [1.165, 1.54) is 22.5 Å². The minimum absolute atomic E-state index is 0.0216. The minimum atomic E-state index is -3.63. The van der Waals surface area contributed by atoms with Crippen molar-refractivity contribution in [1.82, 2.24) is 4.31 Å². The molecule has 2 fully saturated rings. The third-order valence-corrected chi connectivity index (χ3v) is 6.75. The number of hydrogen-bond donors (Lipinski definition) is 0. The topological polar surface area (TPSA) is 55.8 Å². The van der Waals surface area contributed by atoms with E-state index in [4.69, 9.17) is 9.47 Å². The summed E-state index contributed by atoms with van der Waals surface area (Å²) in [4.78, 5) is 0.0216. The molecule has 3 rings (SSSR count). The van der Waals surface area contributed by atoms with E-state index in [1.54, 1.807) is 7.11 Å². The molecule has 0 saturated carbocycles. The van der Waals surface area contributed by atoms with Crippen molar-refractivity contribution in [2.45, 2.75) is 30.3 Å². The predicted octanol–water partition coefficient (Wildman–Crippen LogP) is 2.03. The van der Waals surface area contributed by atoms with Crippen LogP contribution in [-0.2, 0) is 19.5 Å². The quantitative estimate of drug-likeness (QED) is 0.839. The molecule has 1 atom stereocenters. The van der Waals surface area contributed by atoms with E-state index in [2.05, 4.69) is 0 Å². The van der Waals surface area contributed by atoms with Crippen molar-refractivity contribution < 1.29 is 22.3 Å². The van der Waals surface area contributed by atoms with Gasteiger partial charge in [0.25, 0.3) is 0 Å². The molecule has 0 amide bonds. The second-order valence-corrected chi connectivity index (χ2v) is 8.39. The van der Waals surface area contributed by atoms with Crippen LogP contribution in [0.2, 0.25) is 0 Å². The van der Waals surface area contributed by atoms with Crippen molar-refractivity contribution in [2.75, 3.05) is 33.4 Å². The summed E-state index contributed by atoms with van der Waals surface area (Å²) in [6.07, 6.45) is 2.55. The van der Waals surface area contributed by atoms with Crippen LogP contribution in [0, 0.1) is 11.2 Å². The fourth-order valence-electron chi connectivity index (χ4n) is 3.51. The molecule has 0 radical (unpaired) electrons. The zero-order valence-corrected chi connectivity index (χ0v) is 14.0. The summed E-state index contributed by atoms with van der Waals surface area (Å²) in [6.45, 7) is 2.13. The third kappa shape index (κ3) is 3.42. The van der Waals surface area contributed by atoms with Crippen LogP contribution < -0.4 is 0 Å². The molecule has 1 spiro atoms. The molecule has 2 saturated heterocycles. The molecule has 1 aromatic rings. The number of ether oxygens (including phenoxy) is 2. The highest BCUT2D eigenvalue weighted by Gasteiger charge is 2.44. The predicted molar refractivity (Wildman–Crippen MR) is 83.1 cm³/mol. The van der Waals surface area contributed by atoms with Crippen LogP contribution in [0.25, 0.3) is 0 Å². The van der Waals surface area contributed by atoms with Gasteiger partial charge < -0.3 is 9.47 Å². The fourth-order valence-corrected chi connectivity index (χ4v) is 4.99. The first-order valence-electron chi connectivity index (χ1n) is 7.81. The Labute approximate surface area is 136 Å². The average Bonchev–Trinajstić information content (AvgIpc) is 2.91. The van der Waals surface area contributed by atoms with Crippen molar-refractivity contribution >= 4 is 10.0 Å². The number of piperidine rings is 1. The van der Waals surface area contributed by atoms with E-state index in [9.17, 15) is 12.8 Å². The Balaban J connectivity index is 1.67.